The summed E-state index contributed by atoms with van der Waals surface area (Å²) in [5, 5.41) is 14.1. The largest absolute Gasteiger partial charge is 0.389 e. The van der Waals surface area contributed by atoms with Gasteiger partial charge in [0.2, 0.25) is 0 Å². The van der Waals surface area contributed by atoms with E-state index in [1.165, 1.54) is 17.5 Å². The number of hydrogen-bond acceptors (Lipinski definition) is 2. The predicted molar refractivity (Wildman–Crippen MR) is 89.5 cm³/mol. The molecule has 118 valence electrons. The summed E-state index contributed by atoms with van der Waals surface area (Å²) in [6.07, 6.45) is 3.16. The standard InChI is InChI=1S/C19H31NO/c1-14(2)12-19(5,21)13-20-17-10-11-18(3,4)16-9-7-6-8-15(16)17/h6-9,14,17,20-21H,10-13H2,1-5H3. The summed E-state index contributed by atoms with van der Waals surface area (Å²) in [6, 6.07) is 9.13. The molecule has 2 heteroatoms. The van der Waals surface area contributed by atoms with E-state index in [-0.39, 0.29) is 5.41 Å². The molecule has 0 aliphatic heterocycles. The molecule has 1 aromatic carbocycles. The number of rotatable bonds is 5. The minimum atomic E-state index is -0.629. The summed E-state index contributed by atoms with van der Waals surface area (Å²) >= 11 is 0. The van der Waals surface area contributed by atoms with Gasteiger partial charge in [-0.25, -0.2) is 0 Å². The Morgan fingerprint density at radius 2 is 2.00 bits per heavy atom. The molecule has 1 aromatic rings. The van der Waals surface area contributed by atoms with Crippen molar-refractivity contribution in [2.75, 3.05) is 6.54 Å². The van der Waals surface area contributed by atoms with Gasteiger partial charge < -0.3 is 10.4 Å². The Morgan fingerprint density at radius 3 is 2.67 bits per heavy atom. The molecule has 0 spiro atoms. The Balaban J connectivity index is 2.09. The number of hydrogen-bond donors (Lipinski definition) is 2. The first-order valence-electron chi connectivity index (χ1n) is 8.26. The maximum absolute atomic E-state index is 10.5. The van der Waals surface area contributed by atoms with Crippen LogP contribution in [0.3, 0.4) is 0 Å². The van der Waals surface area contributed by atoms with Crippen LogP contribution in [0.5, 0.6) is 0 Å². The van der Waals surface area contributed by atoms with E-state index in [0.717, 1.165) is 12.8 Å². The molecule has 0 fully saturated rings. The van der Waals surface area contributed by atoms with Gasteiger partial charge in [-0.1, -0.05) is 52.0 Å². The lowest BCUT2D eigenvalue weighted by molar-refractivity contribution is 0.0349. The van der Waals surface area contributed by atoms with Crippen LogP contribution in [0.15, 0.2) is 24.3 Å². The summed E-state index contributed by atoms with van der Waals surface area (Å²) in [4.78, 5) is 0. The molecule has 0 radical (unpaired) electrons. The zero-order valence-corrected chi connectivity index (χ0v) is 14.2. The van der Waals surface area contributed by atoms with Crippen molar-refractivity contribution in [3.63, 3.8) is 0 Å². The van der Waals surface area contributed by atoms with Gasteiger partial charge in [-0.2, -0.15) is 0 Å². The molecule has 2 unspecified atom stereocenters. The van der Waals surface area contributed by atoms with E-state index in [9.17, 15) is 5.11 Å². The summed E-state index contributed by atoms with van der Waals surface area (Å²) in [7, 11) is 0. The average Bonchev–Trinajstić information content (AvgIpc) is 2.36. The topological polar surface area (TPSA) is 32.3 Å². The van der Waals surface area contributed by atoms with Crippen molar-refractivity contribution in [3.05, 3.63) is 35.4 Å². The molecule has 0 saturated heterocycles. The average molecular weight is 289 g/mol. The highest BCUT2D eigenvalue weighted by Crippen LogP contribution is 2.41. The number of benzene rings is 1. The Kier molecular flexibility index (Phi) is 4.79. The molecule has 0 amide bonds. The van der Waals surface area contributed by atoms with Crippen LogP contribution in [0.25, 0.3) is 0 Å². The first-order valence-corrected chi connectivity index (χ1v) is 8.26. The second-order valence-electron chi connectivity index (χ2n) is 8.04. The zero-order valence-electron chi connectivity index (χ0n) is 14.2. The third-order valence-corrected chi connectivity index (χ3v) is 4.70. The van der Waals surface area contributed by atoms with Crippen LogP contribution >= 0.6 is 0 Å². The van der Waals surface area contributed by atoms with Crippen molar-refractivity contribution >= 4 is 0 Å². The van der Waals surface area contributed by atoms with E-state index in [0.29, 0.717) is 18.5 Å². The molecule has 2 nitrogen and oxygen atoms in total. The van der Waals surface area contributed by atoms with Crippen LogP contribution in [-0.2, 0) is 5.41 Å². The molecule has 2 atom stereocenters. The van der Waals surface area contributed by atoms with Crippen LogP contribution in [0.4, 0.5) is 0 Å². The summed E-state index contributed by atoms with van der Waals surface area (Å²) < 4.78 is 0. The molecule has 2 N–H and O–H groups in total. The lowest BCUT2D eigenvalue weighted by Gasteiger charge is -2.38. The van der Waals surface area contributed by atoms with Gasteiger partial charge in [-0.15, -0.1) is 0 Å². The van der Waals surface area contributed by atoms with E-state index in [1.54, 1.807) is 0 Å². The smallest absolute Gasteiger partial charge is 0.0746 e. The van der Waals surface area contributed by atoms with Crippen LogP contribution < -0.4 is 5.32 Å². The molecule has 21 heavy (non-hydrogen) atoms. The molecule has 1 aliphatic carbocycles. The van der Waals surface area contributed by atoms with Gasteiger partial charge in [0.25, 0.3) is 0 Å². The molecule has 0 saturated carbocycles. The molecular formula is C19H31NO. The van der Waals surface area contributed by atoms with Crippen molar-refractivity contribution in [1.29, 1.82) is 0 Å². The summed E-state index contributed by atoms with van der Waals surface area (Å²) in [5.41, 5.74) is 2.50. The van der Waals surface area contributed by atoms with Gasteiger partial charge in [-0.3, -0.25) is 0 Å². The molecular weight excluding hydrogens is 258 g/mol. The highest BCUT2D eigenvalue weighted by Gasteiger charge is 2.33. The van der Waals surface area contributed by atoms with Crippen molar-refractivity contribution in [2.45, 2.75) is 70.9 Å². The van der Waals surface area contributed by atoms with Crippen molar-refractivity contribution in [1.82, 2.24) is 5.32 Å². The highest BCUT2D eigenvalue weighted by molar-refractivity contribution is 5.38. The van der Waals surface area contributed by atoms with E-state index in [1.807, 2.05) is 6.92 Å². The Labute approximate surface area is 130 Å². The predicted octanol–water partition coefficient (Wildman–Crippen LogP) is 4.19. The molecule has 0 heterocycles. The fourth-order valence-electron chi connectivity index (χ4n) is 3.72. The quantitative estimate of drug-likeness (QED) is 0.852. The third-order valence-electron chi connectivity index (χ3n) is 4.70. The SMILES string of the molecule is CC(C)CC(C)(O)CNC1CCC(C)(C)c2ccccc21. The van der Waals surface area contributed by atoms with E-state index in [2.05, 4.69) is 57.3 Å². The van der Waals surface area contributed by atoms with Gasteiger partial charge in [0.15, 0.2) is 0 Å². The second kappa shape index (κ2) is 6.10. The molecule has 1 aliphatic rings. The van der Waals surface area contributed by atoms with Gasteiger partial charge in [0.05, 0.1) is 5.60 Å². The molecule has 0 bridgehead atoms. The summed E-state index contributed by atoms with van der Waals surface area (Å²) in [6.45, 7) is 11.6. The fraction of sp³-hybridized carbons (Fsp3) is 0.684. The first-order chi connectivity index (χ1) is 9.71. The van der Waals surface area contributed by atoms with E-state index < -0.39 is 5.60 Å². The number of aliphatic hydroxyl groups is 1. The highest BCUT2D eigenvalue weighted by atomic mass is 16.3. The lowest BCUT2D eigenvalue weighted by Crippen LogP contribution is -2.42. The lowest BCUT2D eigenvalue weighted by atomic mass is 9.71. The maximum Gasteiger partial charge on any atom is 0.0746 e. The monoisotopic (exact) mass is 289 g/mol. The molecule has 2 rings (SSSR count). The fourth-order valence-corrected chi connectivity index (χ4v) is 3.72. The third kappa shape index (κ3) is 4.08. The Hall–Kier alpha value is -0.860. The minimum absolute atomic E-state index is 0.259. The first kappa shape index (κ1) is 16.5. The van der Waals surface area contributed by atoms with Crippen LogP contribution in [0.1, 0.15) is 71.0 Å². The second-order valence-corrected chi connectivity index (χ2v) is 8.04. The van der Waals surface area contributed by atoms with Gasteiger partial charge in [-0.05, 0) is 48.6 Å². The Morgan fingerprint density at radius 1 is 1.33 bits per heavy atom. The van der Waals surface area contributed by atoms with Crippen molar-refractivity contribution < 1.29 is 5.11 Å². The summed E-state index contributed by atoms with van der Waals surface area (Å²) in [5.74, 6) is 0.513. The van der Waals surface area contributed by atoms with Gasteiger partial charge >= 0.3 is 0 Å². The maximum atomic E-state index is 10.5. The van der Waals surface area contributed by atoms with E-state index >= 15 is 0 Å². The normalized spacial score (nSPS) is 23.7. The van der Waals surface area contributed by atoms with Gasteiger partial charge in [0, 0.05) is 12.6 Å². The molecule has 0 aromatic heterocycles. The van der Waals surface area contributed by atoms with Crippen LogP contribution in [-0.4, -0.2) is 17.3 Å². The number of fused-ring (bicyclic) bond motifs is 1. The van der Waals surface area contributed by atoms with Crippen molar-refractivity contribution in [2.24, 2.45) is 5.92 Å². The van der Waals surface area contributed by atoms with Gasteiger partial charge in [0.1, 0.15) is 0 Å². The minimum Gasteiger partial charge on any atom is -0.389 e. The number of nitrogens with one attached hydrogen (secondary N) is 1. The van der Waals surface area contributed by atoms with Crippen LogP contribution in [0, 0.1) is 5.92 Å². The van der Waals surface area contributed by atoms with Crippen molar-refractivity contribution in [3.8, 4) is 0 Å². The zero-order chi connectivity index (χ0) is 15.7. The van der Waals surface area contributed by atoms with E-state index in [4.69, 9.17) is 0 Å². The Bertz CT molecular complexity index is 476. The van der Waals surface area contributed by atoms with Crippen LogP contribution in [0.2, 0.25) is 0 Å².